The second-order valence-corrected chi connectivity index (χ2v) is 7.59. The topological polar surface area (TPSA) is 61.2 Å². The zero-order chi connectivity index (χ0) is 22.7. The number of para-hydroxylation sites is 1. The number of fused-ring (bicyclic) bond motifs is 1. The number of Topliss-reactive ketones (excluding diaryl/α,β-unsaturated/α-hetero) is 1. The van der Waals surface area contributed by atoms with Crippen molar-refractivity contribution >= 4 is 28.4 Å². The lowest BCUT2D eigenvalue weighted by atomic mass is 10.1. The normalized spacial score (nSPS) is 11.1. The van der Waals surface area contributed by atoms with Gasteiger partial charge in [0, 0.05) is 5.56 Å². The zero-order valence-electron chi connectivity index (χ0n) is 16.4. The lowest BCUT2D eigenvalue weighted by Gasteiger charge is -2.14. The molecule has 0 bridgehead atoms. The van der Waals surface area contributed by atoms with E-state index in [0.717, 1.165) is 11.8 Å². The predicted octanol–water partition coefficient (Wildman–Crippen LogP) is 5.10. The standard InChI is InChI=1S/C23H15F3N2O3S/c24-15-7-5-14(6-8-15)20(29)13-32-23-27-19-4-2-1-3-18(19)21(30)28(23)16-9-11-17(12-10-16)31-22(25)26/h1-12,22H,13H2. The lowest BCUT2D eigenvalue weighted by Crippen LogP contribution is -2.22. The van der Waals surface area contributed by atoms with Gasteiger partial charge in [0.2, 0.25) is 0 Å². The van der Waals surface area contributed by atoms with Crippen molar-refractivity contribution in [3.8, 4) is 11.4 Å². The first-order chi connectivity index (χ1) is 15.4. The maximum atomic E-state index is 13.2. The Bertz CT molecular complexity index is 1320. The monoisotopic (exact) mass is 456 g/mol. The van der Waals surface area contributed by atoms with E-state index in [9.17, 15) is 22.8 Å². The Hall–Kier alpha value is -3.59. The van der Waals surface area contributed by atoms with Crippen LogP contribution < -0.4 is 10.3 Å². The van der Waals surface area contributed by atoms with Crippen LogP contribution in [0.2, 0.25) is 0 Å². The third-order valence-electron chi connectivity index (χ3n) is 4.56. The highest BCUT2D eigenvalue weighted by Crippen LogP contribution is 2.24. The lowest BCUT2D eigenvalue weighted by molar-refractivity contribution is -0.0498. The molecule has 9 heteroatoms. The van der Waals surface area contributed by atoms with E-state index >= 15 is 0 Å². The van der Waals surface area contributed by atoms with Crippen LogP contribution >= 0.6 is 11.8 Å². The van der Waals surface area contributed by atoms with Crippen molar-refractivity contribution in [1.82, 2.24) is 9.55 Å². The molecule has 4 rings (SSSR count). The largest absolute Gasteiger partial charge is 0.435 e. The molecule has 0 saturated heterocycles. The van der Waals surface area contributed by atoms with Gasteiger partial charge in [0.15, 0.2) is 10.9 Å². The number of aromatic nitrogens is 2. The number of alkyl halides is 2. The molecule has 5 nitrogen and oxygen atoms in total. The number of benzene rings is 3. The minimum atomic E-state index is -2.96. The minimum absolute atomic E-state index is 0.0387. The van der Waals surface area contributed by atoms with E-state index in [1.165, 1.54) is 53.1 Å². The fraction of sp³-hybridized carbons (Fsp3) is 0.0870. The molecular formula is C23H15F3N2O3S. The summed E-state index contributed by atoms with van der Waals surface area (Å²) in [7, 11) is 0. The molecule has 0 radical (unpaired) electrons. The van der Waals surface area contributed by atoms with Gasteiger partial charge in [0.05, 0.1) is 22.3 Å². The van der Waals surface area contributed by atoms with Crippen LogP contribution in [0.4, 0.5) is 13.2 Å². The number of ketones is 1. The highest BCUT2D eigenvalue weighted by molar-refractivity contribution is 7.99. The Morgan fingerprint density at radius 2 is 1.69 bits per heavy atom. The molecule has 0 aliphatic rings. The van der Waals surface area contributed by atoms with Gasteiger partial charge < -0.3 is 4.74 Å². The first kappa shape index (κ1) is 21.6. The smallest absolute Gasteiger partial charge is 0.387 e. The molecule has 0 fully saturated rings. The number of nitrogens with zero attached hydrogens (tertiary/aromatic N) is 2. The Labute approximate surface area is 184 Å². The van der Waals surface area contributed by atoms with Crippen molar-refractivity contribution in [2.24, 2.45) is 0 Å². The molecule has 1 heterocycles. The number of hydrogen-bond donors (Lipinski definition) is 0. The Morgan fingerprint density at radius 3 is 2.38 bits per heavy atom. The van der Waals surface area contributed by atoms with Gasteiger partial charge in [-0.15, -0.1) is 0 Å². The number of carbonyl (C=O) groups is 1. The molecule has 0 aliphatic heterocycles. The summed E-state index contributed by atoms with van der Waals surface area (Å²) in [6.45, 7) is -2.96. The van der Waals surface area contributed by atoms with Crippen LogP contribution in [0.5, 0.6) is 5.75 Å². The molecule has 0 spiro atoms. The molecule has 162 valence electrons. The molecule has 0 unspecified atom stereocenters. The average Bonchev–Trinajstić information content (AvgIpc) is 2.78. The van der Waals surface area contributed by atoms with Crippen LogP contribution in [0.1, 0.15) is 10.4 Å². The van der Waals surface area contributed by atoms with Gasteiger partial charge >= 0.3 is 6.61 Å². The summed E-state index contributed by atoms with van der Waals surface area (Å²) in [6.07, 6.45) is 0. The van der Waals surface area contributed by atoms with Gasteiger partial charge in [0.25, 0.3) is 5.56 Å². The van der Waals surface area contributed by atoms with Crippen LogP contribution in [0.15, 0.2) is 82.7 Å². The maximum Gasteiger partial charge on any atom is 0.387 e. The zero-order valence-corrected chi connectivity index (χ0v) is 17.2. The average molecular weight is 456 g/mol. The highest BCUT2D eigenvalue weighted by Gasteiger charge is 2.16. The minimum Gasteiger partial charge on any atom is -0.435 e. The number of ether oxygens (including phenoxy) is 1. The van der Waals surface area contributed by atoms with Crippen LogP contribution in [0, 0.1) is 5.82 Å². The molecule has 32 heavy (non-hydrogen) atoms. The Kier molecular flexibility index (Phi) is 6.27. The number of thioether (sulfide) groups is 1. The van der Waals surface area contributed by atoms with Crippen molar-refractivity contribution < 1.29 is 22.7 Å². The third-order valence-corrected chi connectivity index (χ3v) is 5.50. The maximum absolute atomic E-state index is 13.2. The second kappa shape index (κ2) is 9.27. The van der Waals surface area contributed by atoms with Crippen molar-refractivity contribution in [2.45, 2.75) is 11.8 Å². The van der Waals surface area contributed by atoms with E-state index < -0.39 is 12.4 Å². The van der Waals surface area contributed by atoms with E-state index in [1.54, 1.807) is 24.3 Å². The molecule has 0 saturated carbocycles. The Balaban J connectivity index is 1.71. The summed E-state index contributed by atoms with van der Waals surface area (Å²) in [5.41, 5.74) is 0.812. The molecular weight excluding hydrogens is 441 g/mol. The second-order valence-electron chi connectivity index (χ2n) is 6.64. The summed E-state index contributed by atoms with van der Waals surface area (Å²) in [4.78, 5) is 30.2. The van der Waals surface area contributed by atoms with Crippen LogP contribution in [0.25, 0.3) is 16.6 Å². The van der Waals surface area contributed by atoms with E-state index in [-0.39, 0.29) is 28.0 Å². The fourth-order valence-electron chi connectivity index (χ4n) is 3.06. The molecule has 1 aromatic heterocycles. The third kappa shape index (κ3) is 4.67. The molecule has 0 N–H and O–H groups in total. The van der Waals surface area contributed by atoms with Gasteiger partial charge in [0.1, 0.15) is 11.6 Å². The number of halogens is 3. The molecule has 0 amide bonds. The number of rotatable bonds is 7. The van der Waals surface area contributed by atoms with Crippen LogP contribution in [-0.4, -0.2) is 27.7 Å². The number of carbonyl (C=O) groups excluding carboxylic acids is 1. The first-order valence-corrected chi connectivity index (χ1v) is 10.4. The molecule has 3 aromatic carbocycles. The van der Waals surface area contributed by atoms with Gasteiger partial charge in [-0.1, -0.05) is 23.9 Å². The number of hydrogen-bond acceptors (Lipinski definition) is 5. The predicted molar refractivity (Wildman–Crippen MR) is 115 cm³/mol. The van der Waals surface area contributed by atoms with Gasteiger partial charge in [-0.05, 0) is 60.7 Å². The van der Waals surface area contributed by atoms with Crippen LogP contribution in [0.3, 0.4) is 0 Å². The summed E-state index contributed by atoms with van der Waals surface area (Å²) < 4.78 is 43.7. The van der Waals surface area contributed by atoms with Crippen molar-refractivity contribution in [1.29, 1.82) is 0 Å². The molecule has 0 atom stereocenters. The van der Waals surface area contributed by atoms with E-state index in [0.29, 0.717) is 22.2 Å². The molecule has 0 aliphatic carbocycles. The van der Waals surface area contributed by atoms with Crippen molar-refractivity contribution in [3.05, 3.63) is 94.5 Å². The van der Waals surface area contributed by atoms with Gasteiger partial charge in [-0.3, -0.25) is 14.2 Å². The first-order valence-electron chi connectivity index (χ1n) is 9.41. The summed E-state index contributed by atoms with van der Waals surface area (Å²) in [5.74, 6) is -0.794. The van der Waals surface area contributed by atoms with E-state index in [2.05, 4.69) is 9.72 Å². The quantitative estimate of drug-likeness (QED) is 0.220. The summed E-state index contributed by atoms with van der Waals surface area (Å²) in [6, 6.07) is 17.5. The van der Waals surface area contributed by atoms with Crippen molar-refractivity contribution in [2.75, 3.05) is 5.75 Å². The van der Waals surface area contributed by atoms with Gasteiger partial charge in [-0.25, -0.2) is 9.37 Å². The van der Waals surface area contributed by atoms with Gasteiger partial charge in [-0.2, -0.15) is 8.78 Å². The fourth-order valence-corrected chi connectivity index (χ4v) is 3.97. The van der Waals surface area contributed by atoms with E-state index in [1.807, 2.05) is 0 Å². The van der Waals surface area contributed by atoms with E-state index in [4.69, 9.17) is 0 Å². The summed E-state index contributed by atoms with van der Waals surface area (Å²) >= 11 is 1.05. The Morgan fingerprint density at radius 1 is 1.00 bits per heavy atom. The highest BCUT2D eigenvalue weighted by atomic mass is 32.2. The van der Waals surface area contributed by atoms with Crippen LogP contribution in [-0.2, 0) is 0 Å². The SMILES string of the molecule is O=C(CSc1nc2ccccc2c(=O)n1-c1ccc(OC(F)F)cc1)c1ccc(F)cc1. The summed E-state index contributed by atoms with van der Waals surface area (Å²) in [5, 5.41) is 0.626. The molecule has 4 aromatic rings. The van der Waals surface area contributed by atoms with Crippen molar-refractivity contribution in [3.63, 3.8) is 0 Å².